The molecule has 2 aliphatic rings. The van der Waals surface area contributed by atoms with Crippen molar-refractivity contribution in [2.24, 2.45) is 5.41 Å². The summed E-state index contributed by atoms with van der Waals surface area (Å²) >= 11 is 0. The molecule has 1 saturated carbocycles. The van der Waals surface area contributed by atoms with Crippen LogP contribution in [-0.2, 0) is 42.2 Å². The van der Waals surface area contributed by atoms with E-state index in [0.717, 1.165) is 57.8 Å². The molecular formula is C24H35FNO3Y-. The number of ether oxygens (including phenoxy) is 1. The number of nitrogens with zero attached hydrogens (tertiary/aromatic N) is 1. The number of halogens is 1. The molecule has 1 amide bonds. The fraction of sp³-hybridized carbons (Fsp3) is 0.667. The zero-order valence-electron chi connectivity index (χ0n) is 18.2. The normalized spacial score (nSPS) is 21.7. The summed E-state index contributed by atoms with van der Waals surface area (Å²) in [4.78, 5) is 14.4. The molecule has 1 heterocycles. The summed E-state index contributed by atoms with van der Waals surface area (Å²) in [6, 6.07) is 4.56. The van der Waals surface area contributed by atoms with Gasteiger partial charge in [-0.25, -0.2) is 4.39 Å². The summed E-state index contributed by atoms with van der Waals surface area (Å²) in [5, 5.41) is 11.1. The molecule has 1 radical (unpaired) electrons. The van der Waals surface area contributed by atoms with Gasteiger partial charge in [-0.05, 0) is 55.9 Å². The van der Waals surface area contributed by atoms with Crippen molar-refractivity contribution in [3.8, 4) is 0 Å². The van der Waals surface area contributed by atoms with E-state index in [0.29, 0.717) is 30.9 Å². The van der Waals surface area contributed by atoms with Crippen molar-refractivity contribution in [1.29, 1.82) is 0 Å². The second-order valence-corrected chi connectivity index (χ2v) is 8.70. The van der Waals surface area contributed by atoms with Crippen LogP contribution in [0, 0.1) is 18.2 Å². The first-order chi connectivity index (χ1) is 14.0. The minimum absolute atomic E-state index is 0. The van der Waals surface area contributed by atoms with E-state index in [1.165, 1.54) is 12.1 Å². The van der Waals surface area contributed by atoms with Crippen molar-refractivity contribution >= 4 is 11.6 Å². The summed E-state index contributed by atoms with van der Waals surface area (Å²) in [7, 11) is 0. The molecule has 2 atom stereocenters. The minimum Gasteiger partial charge on any atom is -0.388 e. The van der Waals surface area contributed by atoms with E-state index in [-0.39, 0.29) is 50.1 Å². The molecule has 30 heavy (non-hydrogen) atoms. The Morgan fingerprint density at radius 3 is 2.73 bits per heavy atom. The Balaban J connectivity index is 0.00000320. The Kier molecular flexibility index (Phi) is 10.4. The molecule has 1 N–H and O–H groups in total. The van der Waals surface area contributed by atoms with E-state index < -0.39 is 11.9 Å². The zero-order valence-corrected chi connectivity index (χ0v) is 21.1. The largest absolute Gasteiger partial charge is 0.388 e. The van der Waals surface area contributed by atoms with Crippen LogP contribution >= 0.6 is 0 Å². The minimum atomic E-state index is -0.697. The maximum atomic E-state index is 14.6. The van der Waals surface area contributed by atoms with Crippen molar-refractivity contribution in [2.45, 2.75) is 83.3 Å². The van der Waals surface area contributed by atoms with Crippen LogP contribution in [-0.4, -0.2) is 30.3 Å². The van der Waals surface area contributed by atoms with Gasteiger partial charge in [0.15, 0.2) is 0 Å². The van der Waals surface area contributed by atoms with Gasteiger partial charge in [-0.3, -0.25) is 4.79 Å². The van der Waals surface area contributed by atoms with Crippen LogP contribution in [0.1, 0.15) is 82.8 Å². The SMILES string of the molecule is [CH2-]CCCOCC1CCCC(=O)N1c1cc(F)cc(C(O)C2(CCC)CCC2)c1.[Y]. The molecule has 6 heteroatoms. The Labute approximate surface area is 205 Å². The molecule has 165 valence electrons. The number of hydrogen-bond donors (Lipinski definition) is 1. The predicted octanol–water partition coefficient (Wildman–Crippen LogP) is 5.34. The molecule has 1 aliphatic carbocycles. The third-order valence-electron chi connectivity index (χ3n) is 6.59. The van der Waals surface area contributed by atoms with Gasteiger partial charge in [-0.2, -0.15) is 6.42 Å². The predicted molar refractivity (Wildman–Crippen MR) is 113 cm³/mol. The Bertz CT molecular complexity index is 695. The molecule has 0 spiro atoms. The summed E-state index contributed by atoms with van der Waals surface area (Å²) < 4.78 is 20.3. The standard InChI is InChI=1S/C24H35FNO3.Y/c1-3-5-13-29-17-20-8-6-9-22(27)26(20)21-15-18(14-19(25)16-21)23(28)24(10-4-2)11-7-12-24;/h14-16,20,23,28H,1,3-13,17H2,2H3;/q-1;. The molecule has 2 fully saturated rings. The second-order valence-electron chi connectivity index (χ2n) is 8.70. The second kappa shape index (κ2) is 12.0. The number of aliphatic hydroxyl groups is 1. The molecule has 1 aromatic carbocycles. The fourth-order valence-electron chi connectivity index (χ4n) is 4.91. The number of carbonyl (C=O) groups is 1. The molecule has 0 bridgehead atoms. The average molecular weight is 493 g/mol. The quantitative estimate of drug-likeness (QED) is 0.354. The van der Waals surface area contributed by atoms with Crippen molar-refractivity contribution in [2.75, 3.05) is 18.1 Å². The van der Waals surface area contributed by atoms with E-state index in [9.17, 15) is 14.3 Å². The molecule has 1 aromatic rings. The first-order valence-electron chi connectivity index (χ1n) is 11.2. The van der Waals surface area contributed by atoms with E-state index in [1.807, 2.05) is 6.07 Å². The first kappa shape index (κ1) is 25.9. The van der Waals surface area contributed by atoms with Crippen LogP contribution in [0.3, 0.4) is 0 Å². The molecular weight excluding hydrogens is 458 g/mol. The number of aliphatic hydroxyl groups excluding tert-OH is 1. The Morgan fingerprint density at radius 1 is 1.33 bits per heavy atom. The smallest absolute Gasteiger partial charge is 0.227 e. The van der Waals surface area contributed by atoms with Gasteiger partial charge in [-0.1, -0.05) is 26.2 Å². The van der Waals surface area contributed by atoms with Gasteiger partial charge in [0.2, 0.25) is 5.91 Å². The number of benzene rings is 1. The molecule has 4 nitrogen and oxygen atoms in total. The van der Waals surface area contributed by atoms with Crippen LogP contribution < -0.4 is 4.90 Å². The van der Waals surface area contributed by atoms with Gasteiger partial charge < -0.3 is 21.7 Å². The first-order valence-corrected chi connectivity index (χ1v) is 11.2. The van der Waals surface area contributed by atoms with E-state index in [2.05, 4.69) is 13.8 Å². The van der Waals surface area contributed by atoms with E-state index in [4.69, 9.17) is 4.74 Å². The maximum Gasteiger partial charge on any atom is 0.227 e. The summed E-state index contributed by atoms with van der Waals surface area (Å²) in [6.45, 7) is 7.00. The van der Waals surface area contributed by atoms with E-state index in [1.54, 1.807) is 4.90 Å². The number of amides is 1. The topological polar surface area (TPSA) is 49.8 Å². The third kappa shape index (κ3) is 5.91. The van der Waals surface area contributed by atoms with Crippen LogP contribution in [0.25, 0.3) is 0 Å². The van der Waals surface area contributed by atoms with Gasteiger partial charge in [0.1, 0.15) is 5.82 Å². The average Bonchev–Trinajstić information content (AvgIpc) is 2.67. The Morgan fingerprint density at radius 2 is 2.10 bits per heavy atom. The van der Waals surface area contributed by atoms with Crippen LogP contribution in [0.15, 0.2) is 18.2 Å². The van der Waals surface area contributed by atoms with Crippen molar-refractivity contribution in [3.63, 3.8) is 0 Å². The molecule has 3 rings (SSSR count). The summed E-state index contributed by atoms with van der Waals surface area (Å²) in [6.07, 6.45) is 8.11. The molecule has 1 saturated heterocycles. The maximum absolute atomic E-state index is 14.6. The number of anilines is 1. The molecule has 2 unspecified atom stereocenters. The number of unbranched alkanes of at least 4 members (excludes halogenated alkanes) is 1. The van der Waals surface area contributed by atoms with Crippen LogP contribution in [0.2, 0.25) is 0 Å². The zero-order chi connectivity index (χ0) is 20.9. The summed E-state index contributed by atoms with van der Waals surface area (Å²) in [5.41, 5.74) is 0.978. The van der Waals surface area contributed by atoms with Gasteiger partial charge >= 0.3 is 0 Å². The number of hydrogen-bond acceptors (Lipinski definition) is 3. The van der Waals surface area contributed by atoms with Gasteiger partial charge in [0.05, 0.1) is 18.8 Å². The van der Waals surface area contributed by atoms with Crippen LogP contribution in [0.4, 0.5) is 10.1 Å². The third-order valence-corrected chi connectivity index (χ3v) is 6.59. The number of rotatable bonds is 10. The summed E-state index contributed by atoms with van der Waals surface area (Å²) in [5.74, 6) is -0.405. The van der Waals surface area contributed by atoms with E-state index >= 15 is 0 Å². The van der Waals surface area contributed by atoms with Crippen LogP contribution in [0.5, 0.6) is 0 Å². The van der Waals surface area contributed by atoms with Crippen molar-refractivity contribution in [3.05, 3.63) is 36.5 Å². The molecule has 0 aromatic heterocycles. The fourth-order valence-corrected chi connectivity index (χ4v) is 4.91. The number of carbonyl (C=O) groups excluding carboxylic acids is 1. The van der Waals surface area contributed by atoms with Gasteiger partial charge in [0, 0.05) is 56.8 Å². The van der Waals surface area contributed by atoms with Crippen molar-refractivity contribution in [1.82, 2.24) is 0 Å². The number of piperidine rings is 1. The molecule has 1 aliphatic heterocycles. The monoisotopic (exact) mass is 493 g/mol. The Hall–Kier alpha value is -0.356. The van der Waals surface area contributed by atoms with Gasteiger partial charge in [-0.15, -0.1) is 0 Å². The van der Waals surface area contributed by atoms with Gasteiger partial charge in [0.25, 0.3) is 0 Å². The van der Waals surface area contributed by atoms with Crippen molar-refractivity contribution < 1.29 is 51.7 Å².